The fraction of sp³-hybridized carbons (Fsp3) is 0.600. The Hall–Kier alpha value is -1.27. The van der Waals surface area contributed by atoms with Gasteiger partial charge in [-0.05, 0) is 37.6 Å². The molecule has 1 heterocycles. The predicted octanol–water partition coefficient (Wildman–Crippen LogP) is 3.04. The normalized spacial score (nSPS) is 17.0. The highest BCUT2D eigenvalue weighted by molar-refractivity contribution is 5.56. The molecule has 0 aromatic heterocycles. The molecule has 0 spiro atoms. The van der Waals surface area contributed by atoms with Crippen molar-refractivity contribution in [2.75, 3.05) is 32.2 Å². The highest BCUT2D eigenvalue weighted by Crippen LogP contribution is 2.38. The summed E-state index contributed by atoms with van der Waals surface area (Å²) >= 11 is 0. The van der Waals surface area contributed by atoms with Gasteiger partial charge in [0.1, 0.15) is 0 Å². The van der Waals surface area contributed by atoms with Crippen molar-refractivity contribution in [3.8, 4) is 0 Å². The fourth-order valence-corrected chi connectivity index (χ4v) is 2.70. The zero-order valence-corrected chi connectivity index (χ0v) is 12.3. The Morgan fingerprint density at radius 1 is 1.29 bits per heavy atom. The number of alkyl halides is 3. The van der Waals surface area contributed by atoms with E-state index in [1.54, 1.807) is 31.1 Å². The van der Waals surface area contributed by atoms with Gasteiger partial charge < -0.3 is 15.0 Å². The lowest BCUT2D eigenvalue weighted by Crippen LogP contribution is -2.37. The fourth-order valence-electron chi connectivity index (χ4n) is 2.70. The summed E-state index contributed by atoms with van der Waals surface area (Å²) in [5.74, 6) is 0. The average molecular weight is 302 g/mol. The van der Waals surface area contributed by atoms with Crippen molar-refractivity contribution >= 4 is 5.69 Å². The number of halogens is 3. The predicted molar refractivity (Wildman–Crippen MR) is 76.5 cm³/mol. The SMILES string of the molecule is CNCc1ccc(N(C)C2CCOCC2)c(C(F)(F)F)c1. The van der Waals surface area contributed by atoms with E-state index in [1.165, 1.54) is 6.07 Å². The van der Waals surface area contributed by atoms with Gasteiger partial charge in [-0.15, -0.1) is 0 Å². The van der Waals surface area contributed by atoms with Crippen LogP contribution in [-0.4, -0.2) is 33.4 Å². The lowest BCUT2D eigenvalue weighted by atomic mass is 10.0. The molecule has 1 aliphatic heterocycles. The van der Waals surface area contributed by atoms with E-state index in [0.29, 0.717) is 25.3 Å². The van der Waals surface area contributed by atoms with Gasteiger partial charge in [0.05, 0.1) is 5.56 Å². The number of hydrogen-bond donors (Lipinski definition) is 1. The molecule has 3 nitrogen and oxygen atoms in total. The van der Waals surface area contributed by atoms with Crippen molar-refractivity contribution in [1.82, 2.24) is 5.32 Å². The van der Waals surface area contributed by atoms with Crippen molar-refractivity contribution in [1.29, 1.82) is 0 Å². The average Bonchev–Trinajstić information content (AvgIpc) is 2.47. The number of rotatable bonds is 4. The molecule has 0 bridgehead atoms. The Bertz CT molecular complexity index is 470. The van der Waals surface area contributed by atoms with Crippen LogP contribution in [0.4, 0.5) is 18.9 Å². The molecular weight excluding hydrogens is 281 g/mol. The van der Waals surface area contributed by atoms with Crippen LogP contribution in [0.15, 0.2) is 18.2 Å². The molecule has 1 aromatic carbocycles. The number of hydrogen-bond acceptors (Lipinski definition) is 3. The van der Waals surface area contributed by atoms with Gasteiger partial charge in [0, 0.05) is 38.5 Å². The lowest BCUT2D eigenvalue weighted by molar-refractivity contribution is -0.137. The van der Waals surface area contributed by atoms with Crippen LogP contribution in [0, 0.1) is 0 Å². The molecule has 0 amide bonds. The van der Waals surface area contributed by atoms with Crippen LogP contribution in [0.5, 0.6) is 0 Å². The molecule has 0 atom stereocenters. The standard InChI is InChI=1S/C15H21F3N2O/c1-19-10-11-3-4-14(13(9-11)15(16,17)18)20(2)12-5-7-21-8-6-12/h3-4,9,12,19H,5-8,10H2,1-2H3. The first kappa shape index (κ1) is 16.1. The van der Waals surface area contributed by atoms with Crippen LogP contribution in [0.3, 0.4) is 0 Å². The van der Waals surface area contributed by atoms with E-state index in [9.17, 15) is 13.2 Å². The first-order valence-corrected chi connectivity index (χ1v) is 7.08. The highest BCUT2D eigenvalue weighted by atomic mass is 19.4. The van der Waals surface area contributed by atoms with Gasteiger partial charge in [0.2, 0.25) is 0 Å². The van der Waals surface area contributed by atoms with Crippen molar-refractivity contribution in [3.05, 3.63) is 29.3 Å². The molecule has 1 aliphatic rings. The second kappa shape index (κ2) is 6.66. The quantitative estimate of drug-likeness (QED) is 0.925. The summed E-state index contributed by atoms with van der Waals surface area (Å²) in [6.45, 7) is 1.63. The molecule has 0 saturated carbocycles. The zero-order valence-electron chi connectivity index (χ0n) is 12.3. The molecule has 1 fully saturated rings. The number of ether oxygens (including phenoxy) is 1. The Morgan fingerprint density at radius 2 is 1.95 bits per heavy atom. The minimum absolute atomic E-state index is 0.0926. The van der Waals surface area contributed by atoms with Crippen molar-refractivity contribution in [2.24, 2.45) is 0 Å². The van der Waals surface area contributed by atoms with Crippen LogP contribution < -0.4 is 10.2 Å². The molecule has 0 aliphatic carbocycles. The van der Waals surface area contributed by atoms with Gasteiger partial charge in [0.15, 0.2) is 0 Å². The van der Waals surface area contributed by atoms with Gasteiger partial charge in [0.25, 0.3) is 0 Å². The van der Waals surface area contributed by atoms with E-state index in [4.69, 9.17) is 4.74 Å². The number of nitrogens with one attached hydrogen (secondary N) is 1. The number of anilines is 1. The molecular formula is C15H21F3N2O. The molecule has 1 saturated heterocycles. The van der Waals surface area contributed by atoms with E-state index in [0.717, 1.165) is 12.8 Å². The van der Waals surface area contributed by atoms with E-state index >= 15 is 0 Å². The van der Waals surface area contributed by atoms with E-state index in [2.05, 4.69) is 5.32 Å². The summed E-state index contributed by atoms with van der Waals surface area (Å²) in [5, 5.41) is 2.88. The molecule has 6 heteroatoms. The third-order valence-electron chi connectivity index (χ3n) is 3.87. The topological polar surface area (TPSA) is 24.5 Å². The highest BCUT2D eigenvalue weighted by Gasteiger charge is 2.35. The molecule has 21 heavy (non-hydrogen) atoms. The Labute approximate surface area is 123 Å². The Balaban J connectivity index is 2.32. The van der Waals surface area contributed by atoms with Gasteiger partial charge in [-0.25, -0.2) is 0 Å². The van der Waals surface area contributed by atoms with Crippen LogP contribution in [0.1, 0.15) is 24.0 Å². The summed E-state index contributed by atoms with van der Waals surface area (Å²) in [5.41, 5.74) is 0.312. The van der Waals surface area contributed by atoms with Crippen LogP contribution in [0.25, 0.3) is 0 Å². The summed E-state index contributed by atoms with van der Waals surface area (Å²) in [6.07, 6.45) is -2.84. The Kier molecular flexibility index (Phi) is 5.11. The molecule has 2 rings (SSSR count). The van der Waals surface area contributed by atoms with E-state index in [1.807, 2.05) is 0 Å². The summed E-state index contributed by atoms with van der Waals surface area (Å²) in [6, 6.07) is 4.65. The number of nitrogens with zero attached hydrogens (tertiary/aromatic N) is 1. The smallest absolute Gasteiger partial charge is 0.381 e. The minimum atomic E-state index is -4.35. The molecule has 118 valence electrons. The third-order valence-corrected chi connectivity index (χ3v) is 3.87. The molecule has 1 aromatic rings. The summed E-state index contributed by atoms with van der Waals surface area (Å²) in [4.78, 5) is 1.74. The van der Waals surface area contributed by atoms with Crippen LogP contribution in [0.2, 0.25) is 0 Å². The molecule has 0 unspecified atom stereocenters. The summed E-state index contributed by atoms with van der Waals surface area (Å²) < 4.78 is 45.3. The minimum Gasteiger partial charge on any atom is -0.381 e. The third kappa shape index (κ3) is 3.89. The lowest BCUT2D eigenvalue weighted by Gasteiger charge is -2.34. The summed E-state index contributed by atoms with van der Waals surface area (Å²) in [7, 11) is 3.45. The van der Waals surface area contributed by atoms with Gasteiger partial charge in [-0.3, -0.25) is 0 Å². The van der Waals surface area contributed by atoms with Gasteiger partial charge in [-0.1, -0.05) is 6.07 Å². The van der Waals surface area contributed by atoms with E-state index in [-0.39, 0.29) is 11.7 Å². The van der Waals surface area contributed by atoms with Crippen LogP contribution >= 0.6 is 0 Å². The van der Waals surface area contributed by atoms with Crippen molar-refractivity contribution < 1.29 is 17.9 Å². The monoisotopic (exact) mass is 302 g/mol. The van der Waals surface area contributed by atoms with Crippen molar-refractivity contribution in [2.45, 2.75) is 31.6 Å². The maximum atomic E-state index is 13.3. The maximum absolute atomic E-state index is 13.3. The largest absolute Gasteiger partial charge is 0.418 e. The van der Waals surface area contributed by atoms with Gasteiger partial charge >= 0.3 is 6.18 Å². The molecule has 0 radical (unpaired) electrons. The van der Waals surface area contributed by atoms with Crippen molar-refractivity contribution in [3.63, 3.8) is 0 Å². The Morgan fingerprint density at radius 3 is 2.52 bits per heavy atom. The first-order chi connectivity index (χ1) is 9.93. The second-order valence-corrected chi connectivity index (χ2v) is 5.33. The number of benzene rings is 1. The van der Waals surface area contributed by atoms with E-state index < -0.39 is 11.7 Å². The maximum Gasteiger partial charge on any atom is 0.418 e. The second-order valence-electron chi connectivity index (χ2n) is 5.33. The van der Waals surface area contributed by atoms with Gasteiger partial charge in [-0.2, -0.15) is 13.2 Å². The molecule has 1 N–H and O–H groups in total. The van der Waals surface area contributed by atoms with Crippen LogP contribution in [-0.2, 0) is 17.5 Å². The zero-order chi connectivity index (χ0) is 15.5. The first-order valence-electron chi connectivity index (χ1n) is 7.08.